The van der Waals surface area contributed by atoms with E-state index >= 15 is 0 Å². The second-order valence-electron chi connectivity index (χ2n) is 7.02. The van der Waals surface area contributed by atoms with Gasteiger partial charge in [0.05, 0.1) is 23.9 Å². The normalized spacial score (nSPS) is 25.7. The molecule has 3 atom stereocenters. The molecule has 0 bridgehead atoms. The van der Waals surface area contributed by atoms with Gasteiger partial charge in [-0.2, -0.15) is 0 Å². The zero-order valence-electron chi connectivity index (χ0n) is 15.0. The fourth-order valence-corrected chi connectivity index (χ4v) is 5.22. The SMILES string of the molecule is Cc1[nH]c(C)c(C2C(c3ccccn3)NC(=S)N2CC2CCCO2)c1I. The monoisotopic (exact) mass is 482 g/mol. The molecule has 0 amide bonds. The second-order valence-corrected chi connectivity index (χ2v) is 8.48. The van der Waals surface area contributed by atoms with Gasteiger partial charge in [-0.3, -0.25) is 4.98 Å². The van der Waals surface area contributed by atoms with E-state index in [1.807, 2.05) is 18.3 Å². The van der Waals surface area contributed by atoms with Gasteiger partial charge in [0.15, 0.2) is 5.11 Å². The highest BCUT2D eigenvalue weighted by molar-refractivity contribution is 14.1. The largest absolute Gasteiger partial charge is 0.376 e. The second kappa shape index (κ2) is 7.44. The molecule has 0 aromatic carbocycles. The van der Waals surface area contributed by atoms with Gasteiger partial charge >= 0.3 is 0 Å². The maximum absolute atomic E-state index is 5.90. The van der Waals surface area contributed by atoms with E-state index < -0.39 is 0 Å². The van der Waals surface area contributed by atoms with E-state index in [1.54, 1.807) is 0 Å². The summed E-state index contributed by atoms with van der Waals surface area (Å²) in [5, 5.41) is 4.32. The molecular formula is C19H23IN4OS. The minimum absolute atomic E-state index is 0.0347. The van der Waals surface area contributed by atoms with Crippen molar-refractivity contribution < 1.29 is 4.74 Å². The number of hydrogen-bond acceptors (Lipinski definition) is 3. The fourth-order valence-electron chi connectivity index (χ4n) is 4.05. The van der Waals surface area contributed by atoms with E-state index in [2.05, 4.69) is 62.7 Å². The van der Waals surface area contributed by atoms with E-state index in [-0.39, 0.29) is 18.2 Å². The molecule has 4 heterocycles. The first-order valence-electron chi connectivity index (χ1n) is 9.00. The van der Waals surface area contributed by atoms with Gasteiger partial charge in [0.1, 0.15) is 0 Å². The number of hydrogen-bond donors (Lipinski definition) is 2. The van der Waals surface area contributed by atoms with Gasteiger partial charge in [0, 0.05) is 39.9 Å². The van der Waals surface area contributed by atoms with Crippen LogP contribution in [-0.4, -0.2) is 39.2 Å². The summed E-state index contributed by atoms with van der Waals surface area (Å²) < 4.78 is 7.17. The van der Waals surface area contributed by atoms with Gasteiger partial charge in [0.2, 0.25) is 0 Å². The average molecular weight is 482 g/mol. The molecule has 0 aliphatic carbocycles. The van der Waals surface area contributed by atoms with Crippen LogP contribution in [0.15, 0.2) is 24.4 Å². The van der Waals surface area contributed by atoms with Gasteiger partial charge in [-0.1, -0.05) is 6.07 Å². The number of ether oxygens (including phenoxy) is 1. The molecule has 26 heavy (non-hydrogen) atoms. The molecule has 2 saturated heterocycles. The molecule has 0 saturated carbocycles. The molecule has 4 rings (SSSR count). The van der Waals surface area contributed by atoms with E-state index in [0.29, 0.717) is 0 Å². The third kappa shape index (κ3) is 3.25. The van der Waals surface area contributed by atoms with Crippen molar-refractivity contribution in [3.05, 3.63) is 50.6 Å². The van der Waals surface area contributed by atoms with Gasteiger partial charge in [0.25, 0.3) is 0 Å². The van der Waals surface area contributed by atoms with Gasteiger partial charge in [-0.15, -0.1) is 0 Å². The van der Waals surface area contributed by atoms with Gasteiger partial charge in [-0.25, -0.2) is 0 Å². The summed E-state index contributed by atoms with van der Waals surface area (Å²) in [7, 11) is 0. The molecule has 2 aromatic heterocycles. The molecular weight excluding hydrogens is 459 g/mol. The van der Waals surface area contributed by atoms with Crippen LogP contribution in [0.4, 0.5) is 0 Å². The van der Waals surface area contributed by atoms with Crippen LogP contribution in [0.3, 0.4) is 0 Å². The molecule has 0 spiro atoms. The number of aromatic amines is 1. The Morgan fingerprint density at radius 1 is 1.35 bits per heavy atom. The average Bonchev–Trinajstić information content (AvgIpc) is 3.31. The number of aromatic nitrogens is 2. The summed E-state index contributed by atoms with van der Waals surface area (Å²) in [6, 6.07) is 6.20. The number of nitrogens with zero attached hydrogens (tertiary/aromatic N) is 2. The predicted octanol–water partition coefficient (Wildman–Crippen LogP) is 3.78. The number of thiocarbonyl (C=S) groups is 1. The van der Waals surface area contributed by atoms with Crippen molar-refractivity contribution in [1.82, 2.24) is 20.2 Å². The minimum atomic E-state index is 0.0347. The third-order valence-corrected chi connectivity index (χ3v) is 7.01. The number of pyridine rings is 1. The Labute approximate surface area is 173 Å². The van der Waals surface area contributed by atoms with Crippen molar-refractivity contribution in [2.75, 3.05) is 13.2 Å². The summed E-state index contributed by atoms with van der Waals surface area (Å²) in [6.07, 6.45) is 4.33. The molecule has 2 N–H and O–H groups in total. The number of aryl methyl sites for hydroxylation is 2. The Bertz CT molecular complexity index is 803. The smallest absolute Gasteiger partial charge is 0.170 e. The molecule has 138 valence electrons. The zero-order valence-corrected chi connectivity index (χ0v) is 17.9. The van der Waals surface area contributed by atoms with Crippen LogP contribution in [0.25, 0.3) is 0 Å². The minimum Gasteiger partial charge on any atom is -0.376 e. The molecule has 2 aromatic rings. The van der Waals surface area contributed by atoms with Gasteiger partial charge in [-0.05, 0) is 73.6 Å². The predicted molar refractivity (Wildman–Crippen MR) is 114 cm³/mol. The topological polar surface area (TPSA) is 53.2 Å². The number of rotatable bonds is 4. The summed E-state index contributed by atoms with van der Waals surface area (Å²) in [4.78, 5) is 10.4. The lowest BCUT2D eigenvalue weighted by molar-refractivity contribution is 0.0841. The van der Waals surface area contributed by atoms with Crippen LogP contribution in [0.5, 0.6) is 0 Å². The summed E-state index contributed by atoms with van der Waals surface area (Å²) in [5.74, 6) is 0. The first-order chi connectivity index (χ1) is 12.6. The van der Waals surface area contributed by atoms with Crippen LogP contribution in [0.1, 0.15) is 47.6 Å². The molecule has 2 fully saturated rings. The van der Waals surface area contributed by atoms with Crippen molar-refractivity contribution in [2.45, 2.75) is 44.9 Å². The lowest BCUT2D eigenvalue weighted by Crippen LogP contribution is -2.36. The van der Waals surface area contributed by atoms with Crippen LogP contribution in [0, 0.1) is 17.4 Å². The Balaban J connectivity index is 1.76. The standard InChI is InChI=1S/C19H23IN4OS/c1-11-15(16(20)12(2)22-11)18-17(14-7-3-4-8-21-14)23-19(26)24(18)10-13-6-5-9-25-13/h3-4,7-8,13,17-18,22H,5-6,9-10H2,1-2H3,(H,23,26). The Morgan fingerprint density at radius 2 is 2.19 bits per heavy atom. The molecule has 0 radical (unpaired) electrons. The molecule has 2 aliphatic rings. The highest BCUT2D eigenvalue weighted by atomic mass is 127. The van der Waals surface area contributed by atoms with Crippen molar-refractivity contribution in [3.8, 4) is 0 Å². The first kappa shape index (κ1) is 18.2. The van der Waals surface area contributed by atoms with E-state index in [9.17, 15) is 0 Å². The number of halogens is 1. The zero-order chi connectivity index (χ0) is 18.3. The van der Waals surface area contributed by atoms with Crippen LogP contribution in [0.2, 0.25) is 0 Å². The van der Waals surface area contributed by atoms with E-state index in [0.717, 1.165) is 36.8 Å². The Hall–Kier alpha value is -1.19. The molecule has 3 unspecified atom stereocenters. The fraction of sp³-hybridized carbons (Fsp3) is 0.474. The molecule has 5 nitrogen and oxygen atoms in total. The highest BCUT2D eigenvalue weighted by Crippen LogP contribution is 2.42. The summed E-state index contributed by atoms with van der Waals surface area (Å²) in [5.41, 5.74) is 4.72. The van der Waals surface area contributed by atoms with Crippen LogP contribution in [-0.2, 0) is 4.74 Å². The Morgan fingerprint density at radius 3 is 2.81 bits per heavy atom. The van der Waals surface area contributed by atoms with Crippen molar-refractivity contribution in [1.29, 1.82) is 0 Å². The summed E-state index contributed by atoms with van der Waals surface area (Å²) >= 11 is 8.19. The van der Waals surface area contributed by atoms with Crippen LogP contribution >= 0.6 is 34.8 Å². The summed E-state index contributed by atoms with van der Waals surface area (Å²) in [6.45, 7) is 5.94. The van der Waals surface area contributed by atoms with E-state index in [1.165, 1.54) is 20.5 Å². The molecule has 2 aliphatic heterocycles. The number of H-pyrrole nitrogens is 1. The van der Waals surface area contributed by atoms with Crippen molar-refractivity contribution in [2.24, 2.45) is 0 Å². The molecule has 7 heteroatoms. The van der Waals surface area contributed by atoms with Crippen molar-refractivity contribution >= 4 is 39.9 Å². The quantitative estimate of drug-likeness (QED) is 0.513. The lowest BCUT2D eigenvalue weighted by Gasteiger charge is -2.30. The van der Waals surface area contributed by atoms with E-state index in [4.69, 9.17) is 17.0 Å². The number of nitrogens with one attached hydrogen (secondary N) is 2. The maximum atomic E-state index is 5.90. The lowest BCUT2D eigenvalue weighted by atomic mass is 9.96. The maximum Gasteiger partial charge on any atom is 0.170 e. The van der Waals surface area contributed by atoms with Crippen molar-refractivity contribution in [3.63, 3.8) is 0 Å². The highest BCUT2D eigenvalue weighted by Gasteiger charge is 2.43. The van der Waals surface area contributed by atoms with Crippen LogP contribution < -0.4 is 5.32 Å². The van der Waals surface area contributed by atoms with Gasteiger partial charge < -0.3 is 19.9 Å². The third-order valence-electron chi connectivity index (χ3n) is 5.26. The Kier molecular flexibility index (Phi) is 5.20. The first-order valence-corrected chi connectivity index (χ1v) is 10.5.